The molecule has 10 heteroatoms. The van der Waals surface area contributed by atoms with E-state index in [1.54, 1.807) is 18.2 Å². The van der Waals surface area contributed by atoms with Gasteiger partial charge in [0, 0.05) is 5.56 Å². The van der Waals surface area contributed by atoms with Crippen LogP contribution in [0.4, 0.5) is 17.1 Å². The molecular formula is C15H9N3O7. The third kappa shape index (κ3) is 3.69. The molecule has 0 N–H and O–H groups in total. The van der Waals surface area contributed by atoms with Crippen LogP contribution in [0.15, 0.2) is 36.4 Å². The summed E-state index contributed by atoms with van der Waals surface area (Å²) < 4.78 is 0. The number of nitro groups is 3. The summed E-state index contributed by atoms with van der Waals surface area (Å²) in [7, 11) is 0. The van der Waals surface area contributed by atoms with Gasteiger partial charge in [-0.25, -0.2) is 0 Å². The summed E-state index contributed by atoms with van der Waals surface area (Å²) in [6.45, 7) is 0. The second-order valence-electron chi connectivity index (χ2n) is 4.75. The lowest BCUT2D eigenvalue weighted by molar-refractivity contribution is -0.403. The maximum absolute atomic E-state index is 11.2. The lowest BCUT2D eigenvalue weighted by Gasteiger charge is -2.02. The molecule has 2 aromatic carbocycles. The fraction of sp³-hybridized carbons (Fsp3) is 0. The van der Waals surface area contributed by atoms with Gasteiger partial charge in [-0.2, -0.15) is 0 Å². The van der Waals surface area contributed by atoms with Crippen LogP contribution >= 0.6 is 0 Å². The SMILES string of the molecule is O=Cc1ccccc1/C=C/c1c([N+](=O)[O-])cc([N+](=O)[O-])cc1[N+](=O)[O-]. The third-order valence-corrected chi connectivity index (χ3v) is 3.28. The van der Waals surface area contributed by atoms with E-state index < -0.39 is 37.4 Å². The first-order valence-corrected chi connectivity index (χ1v) is 6.68. The van der Waals surface area contributed by atoms with Crippen LogP contribution in [0.3, 0.4) is 0 Å². The first kappa shape index (κ1) is 17.4. The highest BCUT2D eigenvalue weighted by Gasteiger charge is 2.28. The molecule has 0 bridgehead atoms. The number of non-ortho nitro benzene ring substituents is 1. The first-order chi connectivity index (χ1) is 11.8. The molecule has 0 aromatic heterocycles. The van der Waals surface area contributed by atoms with Crippen molar-refractivity contribution < 1.29 is 19.6 Å². The number of hydrogen-bond donors (Lipinski definition) is 0. The molecular weight excluding hydrogens is 334 g/mol. The Morgan fingerprint density at radius 1 is 0.760 bits per heavy atom. The Balaban J connectivity index is 2.68. The molecule has 0 fully saturated rings. The largest absolute Gasteiger partial charge is 0.298 e. The van der Waals surface area contributed by atoms with Gasteiger partial charge in [0.05, 0.1) is 26.9 Å². The summed E-state index contributed by atoms with van der Waals surface area (Å²) in [5.41, 5.74) is -2.04. The van der Waals surface area contributed by atoms with Gasteiger partial charge in [0.1, 0.15) is 5.56 Å². The van der Waals surface area contributed by atoms with Gasteiger partial charge in [0.15, 0.2) is 6.29 Å². The summed E-state index contributed by atoms with van der Waals surface area (Å²) in [6.07, 6.45) is 2.95. The number of nitro benzene ring substituents is 3. The Hall–Kier alpha value is -3.95. The summed E-state index contributed by atoms with van der Waals surface area (Å²) in [5.74, 6) is 0. The predicted molar refractivity (Wildman–Crippen MR) is 87.2 cm³/mol. The highest BCUT2D eigenvalue weighted by atomic mass is 16.6. The number of nitrogens with zero attached hydrogens (tertiary/aromatic N) is 3. The van der Waals surface area contributed by atoms with Crippen molar-refractivity contribution >= 4 is 35.5 Å². The number of carbonyl (C=O) groups is 1. The molecule has 126 valence electrons. The molecule has 0 amide bonds. The van der Waals surface area contributed by atoms with Crippen molar-refractivity contribution in [3.05, 3.63) is 83.4 Å². The summed E-state index contributed by atoms with van der Waals surface area (Å²) >= 11 is 0. The first-order valence-electron chi connectivity index (χ1n) is 6.68. The monoisotopic (exact) mass is 343 g/mol. The van der Waals surface area contributed by atoms with Crippen LogP contribution in [-0.4, -0.2) is 21.1 Å². The molecule has 0 heterocycles. The van der Waals surface area contributed by atoms with Crippen molar-refractivity contribution in [1.82, 2.24) is 0 Å². The molecule has 0 aliphatic carbocycles. The molecule has 0 aliphatic heterocycles. The van der Waals surface area contributed by atoms with Crippen molar-refractivity contribution in [1.29, 1.82) is 0 Å². The van der Waals surface area contributed by atoms with Crippen LogP contribution < -0.4 is 0 Å². The normalized spacial score (nSPS) is 10.6. The zero-order chi connectivity index (χ0) is 18.6. The minimum absolute atomic E-state index is 0.283. The van der Waals surface area contributed by atoms with Crippen LogP contribution in [0.25, 0.3) is 12.2 Å². The Bertz CT molecular complexity index is 886. The number of aldehydes is 1. The fourth-order valence-electron chi connectivity index (χ4n) is 2.13. The van der Waals surface area contributed by atoms with E-state index in [1.165, 1.54) is 12.1 Å². The van der Waals surface area contributed by atoms with Gasteiger partial charge < -0.3 is 0 Å². The van der Waals surface area contributed by atoms with Crippen molar-refractivity contribution in [3.8, 4) is 0 Å². The van der Waals surface area contributed by atoms with Gasteiger partial charge in [0.2, 0.25) is 0 Å². The molecule has 0 radical (unpaired) electrons. The van der Waals surface area contributed by atoms with Crippen molar-refractivity contribution in [2.24, 2.45) is 0 Å². The Morgan fingerprint density at radius 3 is 1.72 bits per heavy atom. The molecule has 0 saturated carbocycles. The van der Waals surface area contributed by atoms with Crippen LogP contribution in [0.2, 0.25) is 0 Å². The average molecular weight is 343 g/mol. The molecule has 0 atom stereocenters. The highest BCUT2D eigenvalue weighted by Crippen LogP contribution is 2.35. The number of rotatable bonds is 6. The van der Waals surface area contributed by atoms with Gasteiger partial charge in [0.25, 0.3) is 17.1 Å². The van der Waals surface area contributed by atoms with E-state index in [9.17, 15) is 35.1 Å². The van der Waals surface area contributed by atoms with Gasteiger partial charge in [-0.15, -0.1) is 0 Å². The van der Waals surface area contributed by atoms with Crippen LogP contribution in [-0.2, 0) is 0 Å². The van der Waals surface area contributed by atoms with Crippen LogP contribution in [0.1, 0.15) is 21.5 Å². The molecule has 2 rings (SSSR count). The molecule has 2 aromatic rings. The van der Waals surface area contributed by atoms with Crippen molar-refractivity contribution in [2.75, 3.05) is 0 Å². The van der Waals surface area contributed by atoms with E-state index in [-0.39, 0.29) is 5.56 Å². The summed E-state index contributed by atoms with van der Waals surface area (Å²) in [4.78, 5) is 41.3. The zero-order valence-electron chi connectivity index (χ0n) is 12.4. The maximum atomic E-state index is 11.2. The van der Waals surface area contributed by atoms with Gasteiger partial charge >= 0.3 is 0 Å². The molecule has 0 aliphatic rings. The van der Waals surface area contributed by atoms with E-state index in [4.69, 9.17) is 0 Å². The molecule has 25 heavy (non-hydrogen) atoms. The molecule has 0 unspecified atom stereocenters. The van der Waals surface area contributed by atoms with Crippen molar-refractivity contribution in [3.63, 3.8) is 0 Å². The van der Waals surface area contributed by atoms with E-state index in [0.717, 1.165) is 6.08 Å². The minimum atomic E-state index is -0.949. The second kappa shape index (κ2) is 7.08. The van der Waals surface area contributed by atoms with E-state index >= 15 is 0 Å². The van der Waals surface area contributed by atoms with E-state index in [0.29, 0.717) is 24.0 Å². The lowest BCUT2D eigenvalue weighted by atomic mass is 10.0. The van der Waals surface area contributed by atoms with Gasteiger partial charge in [-0.1, -0.05) is 30.3 Å². The van der Waals surface area contributed by atoms with Crippen LogP contribution in [0.5, 0.6) is 0 Å². The fourth-order valence-corrected chi connectivity index (χ4v) is 2.13. The molecule has 10 nitrogen and oxygen atoms in total. The number of carbonyl (C=O) groups excluding carboxylic acids is 1. The van der Waals surface area contributed by atoms with Gasteiger partial charge in [-0.05, 0) is 11.6 Å². The molecule has 0 saturated heterocycles. The Labute approximate surface area is 139 Å². The minimum Gasteiger partial charge on any atom is -0.298 e. The van der Waals surface area contributed by atoms with E-state index in [1.807, 2.05) is 0 Å². The number of benzene rings is 2. The smallest absolute Gasteiger partial charge is 0.290 e. The zero-order valence-corrected chi connectivity index (χ0v) is 12.4. The van der Waals surface area contributed by atoms with Gasteiger partial charge in [-0.3, -0.25) is 35.1 Å². The average Bonchev–Trinajstić information content (AvgIpc) is 2.58. The number of hydrogen-bond acceptors (Lipinski definition) is 7. The second-order valence-corrected chi connectivity index (χ2v) is 4.75. The van der Waals surface area contributed by atoms with Crippen molar-refractivity contribution in [2.45, 2.75) is 0 Å². The quantitative estimate of drug-likeness (QED) is 0.338. The topological polar surface area (TPSA) is 146 Å². The lowest BCUT2D eigenvalue weighted by Crippen LogP contribution is -2.00. The standard InChI is InChI=1S/C15H9N3O7/c19-9-11-4-2-1-3-10(11)5-6-13-14(17(22)23)7-12(16(20)21)8-15(13)18(24)25/h1-9H/b6-5+. The maximum Gasteiger partial charge on any atom is 0.290 e. The third-order valence-electron chi connectivity index (χ3n) is 3.28. The predicted octanol–water partition coefficient (Wildman–Crippen LogP) is 3.39. The highest BCUT2D eigenvalue weighted by molar-refractivity contribution is 5.87. The van der Waals surface area contributed by atoms with Crippen LogP contribution in [0, 0.1) is 30.3 Å². The molecule has 0 spiro atoms. The Morgan fingerprint density at radius 2 is 1.28 bits per heavy atom. The summed E-state index contributed by atoms with van der Waals surface area (Å²) in [5, 5.41) is 33.2. The Kier molecular flexibility index (Phi) is 4.93. The summed E-state index contributed by atoms with van der Waals surface area (Å²) in [6, 6.07) is 7.58. The van der Waals surface area contributed by atoms with E-state index in [2.05, 4.69) is 0 Å².